The van der Waals surface area contributed by atoms with Gasteiger partial charge in [0.1, 0.15) is 0 Å². The van der Waals surface area contributed by atoms with Crippen LogP contribution in [0.2, 0.25) is 0 Å². The fourth-order valence-electron chi connectivity index (χ4n) is 1.84. The second kappa shape index (κ2) is 6.38. The molecule has 0 spiro atoms. The fraction of sp³-hybridized carbons (Fsp3) is 0.267. The molecule has 0 radical (unpaired) electrons. The van der Waals surface area contributed by atoms with Crippen LogP contribution in [0.25, 0.3) is 0 Å². The van der Waals surface area contributed by atoms with Gasteiger partial charge in [-0.25, -0.2) is 4.79 Å². The molecule has 2 amide bonds. The molecule has 0 saturated carbocycles. The highest BCUT2D eigenvalue weighted by Crippen LogP contribution is 2.18. The highest BCUT2D eigenvalue weighted by molar-refractivity contribution is 7.10. The van der Waals surface area contributed by atoms with Gasteiger partial charge < -0.3 is 10.6 Å². The predicted octanol–water partition coefficient (Wildman–Crippen LogP) is 4.19. The highest BCUT2D eigenvalue weighted by Gasteiger charge is 2.10. The maximum absolute atomic E-state index is 11.9. The van der Waals surface area contributed by atoms with E-state index in [1.165, 1.54) is 5.56 Å². The van der Waals surface area contributed by atoms with Crippen molar-refractivity contribution < 1.29 is 4.79 Å². The highest BCUT2D eigenvalue weighted by atomic mass is 32.1. The Balaban J connectivity index is 1.93. The molecule has 1 aromatic carbocycles. The van der Waals surface area contributed by atoms with Gasteiger partial charge in [0, 0.05) is 10.6 Å². The van der Waals surface area contributed by atoms with E-state index in [0.29, 0.717) is 0 Å². The first-order valence-corrected chi connectivity index (χ1v) is 7.27. The molecule has 1 heterocycles. The number of thiophene rings is 1. The van der Waals surface area contributed by atoms with Crippen molar-refractivity contribution in [3.63, 3.8) is 0 Å². The second-order valence-electron chi connectivity index (χ2n) is 4.39. The van der Waals surface area contributed by atoms with Gasteiger partial charge >= 0.3 is 6.03 Å². The molecule has 4 heteroatoms. The second-order valence-corrected chi connectivity index (χ2v) is 5.37. The van der Waals surface area contributed by atoms with E-state index in [2.05, 4.69) is 23.6 Å². The molecular weight excluding hydrogens is 256 g/mol. The summed E-state index contributed by atoms with van der Waals surface area (Å²) in [5.41, 5.74) is 2.04. The normalized spacial score (nSPS) is 11.9. The maximum atomic E-state index is 11.9. The summed E-state index contributed by atoms with van der Waals surface area (Å²) in [6.45, 7) is 4.08. The molecule has 100 valence electrons. The van der Waals surface area contributed by atoms with Crippen LogP contribution in [0, 0.1) is 0 Å². The van der Waals surface area contributed by atoms with Crippen molar-refractivity contribution in [3.05, 3.63) is 52.2 Å². The Morgan fingerprint density at radius 1 is 1.32 bits per heavy atom. The van der Waals surface area contributed by atoms with E-state index in [4.69, 9.17) is 0 Å². The lowest BCUT2D eigenvalue weighted by atomic mass is 10.1. The quantitative estimate of drug-likeness (QED) is 0.862. The summed E-state index contributed by atoms with van der Waals surface area (Å²) >= 11 is 1.64. The van der Waals surface area contributed by atoms with Gasteiger partial charge in [0.25, 0.3) is 0 Å². The van der Waals surface area contributed by atoms with Gasteiger partial charge in [0.2, 0.25) is 0 Å². The van der Waals surface area contributed by atoms with E-state index in [9.17, 15) is 4.79 Å². The van der Waals surface area contributed by atoms with Gasteiger partial charge in [-0.1, -0.05) is 25.1 Å². The maximum Gasteiger partial charge on any atom is 0.319 e. The molecule has 0 aliphatic heterocycles. The molecule has 2 rings (SSSR count). The molecule has 1 aromatic heterocycles. The van der Waals surface area contributed by atoms with Crippen molar-refractivity contribution in [3.8, 4) is 0 Å². The number of carbonyl (C=O) groups excluding carboxylic acids is 1. The van der Waals surface area contributed by atoms with Crippen LogP contribution in [0.4, 0.5) is 10.5 Å². The van der Waals surface area contributed by atoms with E-state index in [1.54, 1.807) is 11.3 Å². The van der Waals surface area contributed by atoms with Crippen LogP contribution in [0.1, 0.15) is 30.3 Å². The number of aryl methyl sites for hydroxylation is 1. The van der Waals surface area contributed by atoms with Crippen LogP contribution >= 0.6 is 11.3 Å². The van der Waals surface area contributed by atoms with E-state index in [1.807, 2.05) is 42.6 Å². The molecule has 2 aromatic rings. The molecule has 2 N–H and O–H groups in total. The minimum Gasteiger partial charge on any atom is -0.331 e. The summed E-state index contributed by atoms with van der Waals surface area (Å²) < 4.78 is 0. The molecule has 0 aliphatic carbocycles. The minimum absolute atomic E-state index is 0.0226. The summed E-state index contributed by atoms with van der Waals surface area (Å²) in [5.74, 6) is 0. The number of rotatable bonds is 4. The zero-order chi connectivity index (χ0) is 13.7. The molecule has 0 aliphatic rings. The first kappa shape index (κ1) is 13.6. The standard InChI is InChI=1S/C15H18N2OS/c1-3-12-6-4-7-13(10-12)17-15(18)16-11(2)14-8-5-9-19-14/h4-11H,3H2,1-2H3,(H2,16,17,18). The van der Waals surface area contributed by atoms with Crippen molar-refractivity contribution in [2.45, 2.75) is 26.3 Å². The topological polar surface area (TPSA) is 41.1 Å². The van der Waals surface area contributed by atoms with Gasteiger partial charge in [0.15, 0.2) is 0 Å². The molecule has 0 fully saturated rings. The van der Waals surface area contributed by atoms with Crippen molar-refractivity contribution >= 4 is 23.1 Å². The predicted molar refractivity (Wildman–Crippen MR) is 80.7 cm³/mol. The van der Waals surface area contributed by atoms with Crippen LogP contribution in [-0.2, 0) is 6.42 Å². The number of benzene rings is 1. The van der Waals surface area contributed by atoms with Crippen molar-refractivity contribution in [1.29, 1.82) is 0 Å². The summed E-state index contributed by atoms with van der Waals surface area (Å²) in [6, 6.07) is 11.8. The zero-order valence-electron chi connectivity index (χ0n) is 11.1. The Kier molecular flexibility index (Phi) is 4.58. The molecular formula is C15H18N2OS. The van der Waals surface area contributed by atoms with Gasteiger partial charge in [-0.05, 0) is 42.5 Å². The average Bonchev–Trinajstić information content (AvgIpc) is 2.92. The number of anilines is 1. The number of hydrogen-bond acceptors (Lipinski definition) is 2. The third-order valence-corrected chi connectivity index (χ3v) is 3.97. The summed E-state index contributed by atoms with van der Waals surface area (Å²) in [6.07, 6.45) is 0.961. The average molecular weight is 274 g/mol. The lowest BCUT2D eigenvalue weighted by molar-refractivity contribution is 0.249. The number of amides is 2. The van der Waals surface area contributed by atoms with Crippen molar-refractivity contribution in [1.82, 2.24) is 5.32 Å². The lowest BCUT2D eigenvalue weighted by Crippen LogP contribution is -2.30. The number of nitrogens with one attached hydrogen (secondary N) is 2. The van der Waals surface area contributed by atoms with E-state index < -0.39 is 0 Å². The summed E-state index contributed by atoms with van der Waals surface area (Å²) in [5, 5.41) is 7.80. The fourth-order valence-corrected chi connectivity index (χ4v) is 2.58. The smallest absolute Gasteiger partial charge is 0.319 e. The Morgan fingerprint density at radius 3 is 2.84 bits per heavy atom. The Hall–Kier alpha value is -1.81. The molecule has 3 nitrogen and oxygen atoms in total. The Bertz CT molecular complexity index is 537. The van der Waals surface area contributed by atoms with Crippen LogP contribution in [-0.4, -0.2) is 6.03 Å². The Morgan fingerprint density at radius 2 is 2.16 bits per heavy atom. The summed E-state index contributed by atoms with van der Waals surface area (Å²) in [7, 11) is 0. The first-order chi connectivity index (χ1) is 9.19. The van der Waals surface area contributed by atoms with Crippen LogP contribution < -0.4 is 10.6 Å². The SMILES string of the molecule is CCc1cccc(NC(=O)NC(C)c2cccs2)c1. The van der Waals surface area contributed by atoms with Gasteiger partial charge in [-0.15, -0.1) is 11.3 Å². The van der Waals surface area contributed by atoms with Crippen LogP contribution in [0.5, 0.6) is 0 Å². The molecule has 0 saturated heterocycles. The third-order valence-electron chi connectivity index (χ3n) is 2.91. The van der Waals surface area contributed by atoms with Gasteiger partial charge in [-0.2, -0.15) is 0 Å². The van der Waals surface area contributed by atoms with Crippen molar-refractivity contribution in [2.75, 3.05) is 5.32 Å². The monoisotopic (exact) mass is 274 g/mol. The van der Waals surface area contributed by atoms with E-state index in [0.717, 1.165) is 17.0 Å². The van der Waals surface area contributed by atoms with Crippen LogP contribution in [0.15, 0.2) is 41.8 Å². The van der Waals surface area contributed by atoms with Crippen molar-refractivity contribution in [2.24, 2.45) is 0 Å². The first-order valence-electron chi connectivity index (χ1n) is 6.39. The minimum atomic E-state index is -0.172. The van der Waals surface area contributed by atoms with E-state index >= 15 is 0 Å². The number of urea groups is 1. The summed E-state index contributed by atoms with van der Waals surface area (Å²) in [4.78, 5) is 13.1. The largest absolute Gasteiger partial charge is 0.331 e. The molecule has 0 bridgehead atoms. The number of hydrogen-bond donors (Lipinski definition) is 2. The van der Waals surface area contributed by atoms with Crippen LogP contribution in [0.3, 0.4) is 0 Å². The third kappa shape index (κ3) is 3.83. The lowest BCUT2D eigenvalue weighted by Gasteiger charge is -2.13. The van der Waals surface area contributed by atoms with Gasteiger partial charge in [0.05, 0.1) is 6.04 Å². The number of carbonyl (C=O) groups is 1. The van der Waals surface area contributed by atoms with Gasteiger partial charge in [-0.3, -0.25) is 0 Å². The zero-order valence-corrected chi connectivity index (χ0v) is 12.0. The van der Waals surface area contributed by atoms with E-state index in [-0.39, 0.29) is 12.1 Å². The molecule has 19 heavy (non-hydrogen) atoms. The molecule has 1 atom stereocenters. The molecule has 1 unspecified atom stereocenters. The Labute approximate surface area is 117 Å².